The number of carbonyl (C=O) groups is 2. The summed E-state index contributed by atoms with van der Waals surface area (Å²) in [7, 11) is 0. The van der Waals surface area contributed by atoms with Crippen molar-refractivity contribution in [2.45, 2.75) is 60.0 Å². The minimum Gasteiger partial charge on any atom is -0.488 e. The van der Waals surface area contributed by atoms with Crippen LogP contribution in [-0.4, -0.2) is 24.1 Å². The van der Waals surface area contributed by atoms with Crippen LogP contribution in [0.15, 0.2) is 18.2 Å². The highest BCUT2D eigenvalue weighted by molar-refractivity contribution is 6.32. The number of esters is 1. The van der Waals surface area contributed by atoms with Gasteiger partial charge in [0, 0.05) is 25.1 Å². The van der Waals surface area contributed by atoms with Crippen molar-refractivity contribution < 1.29 is 23.8 Å². The molecular weight excluding hydrogens is 418 g/mol. The molecule has 0 aromatic heterocycles. The second kappa shape index (κ2) is 8.79. The fourth-order valence-electron chi connectivity index (χ4n) is 3.81. The average molecular weight is 446 g/mol. The predicted octanol–water partition coefficient (Wildman–Crippen LogP) is 5.31. The number of anilines is 1. The number of ether oxygens (including phenoxy) is 3. The maximum Gasteiger partial charge on any atom is 0.308 e. The Kier molecular flexibility index (Phi) is 6.51. The number of halogens is 1. The summed E-state index contributed by atoms with van der Waals surface area (Å²) in [4.78, 5) is 22.7. The Morgan fingerprint density at radius 2 is 1.87 bits per heavy atom. The van der Waals surface area contributed by atoms with Crippen LogP contribution in [0.3, 0.4) is 0 Å². The fourth-order valence-corrected chi connectivity index (χ4v) is 4.04. The highest BCUT2D eigenvalue weighted by Crippen LogP contribution is 2.44. The third-order valence-corrected chi connectivity index (χ3v) is 5.89. The van der Waals surface area contributed by atoms with E-state index in [9.17, 15) is 9.59 Å². The molecule has 1 amide bonds. The lowest BCUT2D eigenvalue weighted by molar-refractivity contribution is -0.132. The van der Waals surface area contributed by atoms with Crippen molar-refractivity contribution in [2.24, 2.45) is 0 Å². The summed E-state index contributed by atoms with van der Waals surface area (Å²) in [5.74, 6) is 1.49. The standard InChI is InChI=1S/C24H28ClNO5/c1-13-14(2)23-19(15(3)22(13)30-17(5)28)9-10-24(6,31-23)12-29-21-8-7-18(11-20(21)25)26-16(4)27/h7-8,11H,9-10,12H2,1-6H3,(H,26,27). The van der Waals surface area contributed by atoms with Crippen LogP contribution in [0, 0.1) is 20.8 Å². The molecular formula is C24H28ClNO5. The fraction of sp³-hybridized carbons (Fsp3) is 0.417. The minimum absolute atomic E-state index is 0.163. The second-order valence-corrected chi connectivity index (χ2v) is 8.68. The van der Waals surface area contributed by atoms with Crippen LogP contribution in [0.2, 0.25) is 5.02 Å². The molecule has 7 heteroatoms. The number of fused-ring (bicyclic) bond motifs is 1. The lowest BCUT2D eigenvalue weighted by Crippen LogP contribution is -2.42. The third kappa shape index (κ3) is 4.96. The SMILES string of the molecule is CC(=O)Nc1ccc(OCC2(C)CCc3c(C)c(OC(C)=O)c(C)c(C)c3O2)c(Cl)c1. The summed E-state index contributed by atoms with van der Waals surface area (Å²) in [6.07, 6.45) is 1.52. The van der Waals surface area contributed by atoms with E-state index in [-0.39, 0.29) is 11.9 Å². The first-order valence-electron chi connectivity index (χ1n) is 10.2. The molecule has 0 fully saturated rings. The van der Waals surface area contributed by atoms with Crippen LogP contribution in [0.25, 0.3) is 0 Å². The molecule has 1 aliphatic heterocycles. The number of rotatable bonds is 5. The molecule has 6 nitrogen and oxygen atoms in total. The van der Waals surface area contributed by atoms with E-state index in [1.165, 1.54) is 13.8 Å². The normalized spacial score (nSPS) is 17.4. The van der Waals surface area contributed by atoms with Crippen molar-refractivity contribution in [3.63, 3.8) is 0 Å². The van der Waals surface area contributed by atoms with Crippen molar-refractivity contribution in [3.8, 4) is 17.2 Å². The van der Waals surface area contributed by atoms with Gasteiger partial charge in [-0.2, -0.15) is 0 Å². The maximum absolute atomic E-state index is 11.5. The topological polar surface area (TPSA) is 73.9 Å². The minimum atomic E-state index is -0.542. The molecule has 1 aliphatic rings. The highest BCUT2D eigenvalue weighted by atomic mass is 35.5. The van der Waals surface area contributed by atoms with Crippen LogP contribution in [-0.2, 0) is 16.0 Å². The van der Waals surface area contributed by atoms with Gasteiger partial charge in [0.05, 0.1) is 5.02 Å². The molecule has 3 rings (SSSR count). The van der Waals surface area contributed by atoms with Gasteiger partial charge in [0.2, 0.25) is 5.91 Å². The molecule has 0 saturated carbocycles. The molecule has 0 bridgehead atoms. The van der Waals surface area contributed by atoms with Crippen molar-refractivity contribution in [1.82, 2.24) is 0 Å². The van der Waals surface area contributed by atoms with Gasteiger partial charge < -0.3 is 19.5 Å². The first-order valence-corrected chi connectivity index (χ1v) is 10.6. The summed E-state index contributed by atoms with van der Waals surface area (Å²) < 4.78 is 17.9. The molecule has 1 atom stereocenters. The molecule has 0 radical (unpaired) electrons. The van der Waals surface area contributed by atoms with Gasteiger partial charge in [-0.15, -0.1) is 0 Å². The van der Waals surface area contributed by atoms with Crippen molar-refractivity contribution in [2.75, 3.05) is 11.9 Å². The Morgan fingerprint density at radius 3 is 2.48 bits per heavy atom. The largest absolute Gasteiger partial charge is 0.488 e. The van der Waals surface area contributed by atoms with Gasteiger partial charge in [-0.3, -0.25) is 9.59 Å². The number of hydrogen-bond acceptors (Lipinski definition) is 5. The molecule has 0 aliphatic carbocycles. The lowest BCUT2D eigenvalue weighted by atomic mass is 9.87. The monoisotopic (exact) mass is 445 g/mol. The van der Waals surface area contributed by atoms with E-state index in [0.29, 0.717) is 28.8 Å². The Morgan fingerprint density at radius 1 is 1.16 bits per heavy atom. The number of benzene rings is 2. The van der Waals surface area contributed by atoms with Crippen molar-refractivity contribution >= 4 is 29.2 Å². The summed E-state index contributed by atoms with van der Waals surface area (Å²) in [6.45, 7) is 11.1. The van der Waals surface area contributed by atoms with Crippen molar-refractivity contribution in [1.29, 1.82) is 0 Å². The molecule has 2 aromatic carbocycles. The van der Waals surface area contributed by atoms with E-state index in [2.05, 4.69) is 5.32 Å². The second-order valence-electron chi connectivity index (χ2n) is 8.27. The van der Waals surface area contributed by atoms with E-state index < -0.39 is 5.60 Å². The first kappa shape index (κ1) is 22.9. The van der Waals surface area contributed by atoms with Gasteiger partial charge in [-0.25, -0.2) is 0 Å². The summed E-state index contributed by atoms with van der Waals surface area (Å²) in [6, 6.07) is 5.14. The number of carbonyl (C=O) groups excluding carboxylic acids is 2. The van der Waals surface area contributed by atoms with Gasteiger partial charge in [-0.05, 0) is 75.4 Å². The van der Waals surface area contributed by atoms with Gasteiger partial charge >= 0.3 is 5.97 Å². The van der Waals surface area contributed by atoms with Crippen LogP contribution in [0.5, 0.6) is 17.2 Å². The molecule has 166 valence electrons. The average Bonchev–Trinajstić information content (AvgIpc) is 2.68. The Hall–Kier alpha value is -2.73. The molecule has 1 N–H and O–H groups in total. The van der Waals surface area contributed by atoms with E-state index in [0.717, 1.165) is 40.8 Å². The zero-order valence-electron chi connectivity index (χ0n) is 18.8. The summed E-state index contributed by atoms with van der Waals surface area (Å²) in [5, 5.41) is 3.11. The number of amides is 1. The molecule has 1 unspecified atom stereocenters. The van der Waals surface area contributed by atoms with E-state index in [4.69, 9.17) is 25.8 Å². The zero-order chi connectivity index (χ0) is 22.9. The molecule has 0 spiro atoms. The first-order chi connectivity index (χ1) is 14.5. The van der Waals surface area contributed by atoms with Gasteiger partial charge in [-0.1, -0.05) is 11.6 Å². The van der Waals surface area contributed by atoms with Gasteiger partial charge in [0.1, 0.15) is 29.5 Å². The highest BCUT2D eigenvalue weighted by Gasteiger charge is 2.36. The molecule has 2 aromatic rings. The Balaban J connectivity index is 1.80. The lowest BCUT2D eigenvalue weighted by Gasteiger charge is -2.37. The summed E-state index contributed by atoms with van der Waals surface area (Å²) >= 11 is 6.32. The summed E-state index contributed by atoms with van der Waals surface area (Å²) in [5.41, 5.74) is 3.93. The van der Waals surface area contributed by atoms with Gasteiger partial charge in [0.25, 0.3) is 0 Å². The Bertz CT molecular complexity index is 1050. The van der Waals surface area contributed by atoms with Crippen LogP contribution in [0.1, 0.15) is 49.4 Å². The van der Waals surface area contributed by atoms with Crippen molar-refractivity contribution in [3.05, 3.63) is 45.5 Å². The smallest absolute Gasteiger partial charge is 0.308 e. The van der Waals surface area contributed by atoms with E-state index in [1.807, 2.05) is 27.7 Å². The van der Waals surface area contributed by atoms with Crippen LogP contribution < -0.4 is 19.5 Å². The number of hydrogen-bond donors (Lipinski definition) is 1. The maximum atomic E-state index is 11.5. The van der Waals surface area contributed by atoms with E-state index in [1.54, 1.807) is 18.2 Å². The Labute approximate surface area is 187 Å². The third-order valence-electron chi connectivity index (χ3n) is 5.59. The molecule has 0 saturated heterocycles. The quantitative estimate of drug-likeness (QED) is 0.498. The molecule has 31 heavy (non-hydrogen) atoms. The van der Waals surface area contributed by atoms with Crippen LogP contribution >= 0.6 is 11.6 Å². The zero-order valence-corrected chi connectivity index (χ0v) is 19.5. The van der Waals surface area contributed by atoms with E-state index >= 15 is 0 Å². The molecule has 1 heterocycles. The van der Waals surface area contributed by atoms with Crippen LogP contribution in [0.4, 0.5) is 5.69 Å². The van der Waals surface area contributed by atoms with Gasteiger partial charge in [0.15, 0.2) is 0 Å². The number of nitrogens with one attached hydrogen (secondary N) is 1. The predicted molar refractivity (Wildman–Crippen MR) is 121 cm³/mol.